The number of esters is 1. The van der Waals surface area contributed by atoms with Crippen LogP contribution in [0, 0.1) is 0 Å². The molecule has 1 aromatic heterocycles. The lowest BCUT2D eigenvalue weighted by Crippen LogP contribution is -2.20. The van der Waals surface area contributed by atoms with E-state index in [0.717, 1.165) is 0 Å². The van der Waals surface area contributed by atoms with Crippen molar-refractivity contribution in [3.8, 4) is 11.5 Å². The molecular formula is C33H30ClNO5. The third-order valence-corrected chi connectivity index (χ3v) is 7.44. The molecule has 0 saturated heterocycles. The molecule has 1 atom stereocenters. The fourth-order valence-corrected chi connectivity index (χ4v) is 5.24. The summed E-state index contributed by atoms with van der Waals surface area (Å²) < 4.78 is 5.87. The van der Waals surface area contributed by atoms with Gasteiger partial charge in [-0.1, -0.05) is 71.3 Å². The minimum absolute atomic E-state index is 0.168. The zero-order valence-electron chi connectivity index (χ0n) is 23.3. The normalized spacial score (nSPS) is 15.4. The van der Waals surface area contributed by atoms with Crippen LogP contribution < -0.4 is 4.74 Å². The molecule has 4 aromatic rings. The Balaban J connectivity index is 1.55. The number of hydrogen-bond acceptors (Lipinski definition) is 6. The number of halogens is 1. The van der Waals surface area contributed by atoms with Gasteiger partial charge in [0.2, 0.25) is 0 Å². The lowest BCUT2D eigenvalue weighted by Gasteiger charge is -2.28. The molecule has 0 radical (unpaired) electrons. The van der Waals surface area contributed by atoms with Gasteiger partial charge >= 0.3 is 5.97 Å². The summed E-state index contributed by atoms with van der Waals surface area (Å²) in [6.07, 6.45) is 0. The van der Waals surface area contributed by atoms with Crippen LogP contribution in [0.25, 0.3) is 10.9 Å². The summed E-state index contributed by atoms with van der Waals surface area (Å²) in [6, 6.07) is 16.5. The molecule has 6 nitrogen and oxygen atoms in total. The van der Waals surface area contributed by atoms with Gasteiger partial charge < -0.3 is 9.84 Å². The molecule has 40 heavy (non-hydrogen) atoms. The summed E-state index contributed by atoms with van der Waals surface area (Å²) in [5, 5.41) is 12.1. The molecule has 0 bridgehead atoms. The van der Waals surface area contributed by atoms with Gasteiger partial charge in [0, 0.05) is 32.7 Å². The minimum Gasteiger partial charge on any atom is -0.507 e. The molecule has 1 unspecified atom stereocenters. The second-order valence-corrected chi connectivity index (χ2v) is 12.7. The number of phenolic OH excluding ortho intramolecular Hbond substituents is 1. The molecule has 7 heteroatoms. The van der Waals surface area contributed by atoms with Crippen LogP contribution in [0.3, 0.4) is 0 Å². The topological polar surface area (TPSA) is 93.6 Å². The third kappa shape index (κ3) is 4.77. The van der Waals surface area contributed by atoms with E-state index in [2.05, 4.69) is 4.98 Å². The molecule has 0 fully saturated rings. The maximum Gasteiger partial charge on any atom is 0.343 e. The van der Waals surface area contributed by atoms with Crippen molar-refractivity contribution in [2.45, 2.75) is 58.3 Å². The molecule has 0 saturated carbocycles. The molecule has 3 aromatic carbocycles. The zero-order chi connectivity index (χ0) is 29.1. The van der Waals surface area contributed by atoms with Gasteiger partial charge in [0.15, 0.2) is 17.3 Å². The van der Waals surface area contributed by atoms with Crippen molar-refractivity contribution in [1.82, 2.24) is 4.98 Å². The van der Waals surface area contributed by atoms with Gasteiger partial charge in [0.1, 0.15) is 17.2 Å². The van der Waals surface area contributed by atoms with Gasteiger partial charge in [-0.3, -0.25) is 9.59 Å². The van der Waals surface area contributed by atoms with E-state index in [4.69, 9.17) is 16.3 Å². The summed E-state index contributed by atoms with van der Waals surface area (Å²) in [5.41, 5.74) is 1.97. The molecule has 1 aliphatic carbocycles. The molecule has 1 N–H and O–H groups in total. The van der Waals surface area contributed by atoms with Crippen LogP contribution in [0.4, 0.5) is 0 Å². The number of ketones is 2. The number of hydrogen-bond donors (Lipinski definition) is 1. The Kier molecular flexibility index (Phi) is 6.58. The fraction of sp³-hybridized carbons (Fsp3) is 0.273. The first-order valence-electron chi connectivity index (χ1n) is 13.0. The van der Waals surface area contributed by atoms with E-state index < -0.39 is 22.7 Å². The predicted octanol–water partition coefficient (Wildman–Crippen LogP) is 7.57. The number of phenols is 1. The molecule has 0 amide bonds. The number of fused-ring (bicyclic) bond motifs is 2. The minimum atomic E-state index is -1.09. The van der Waals surface area contributed by atoms with Gasteiger partial charge in [-0.05, 0) is 53.3 Å². The Bertz CT molecular complexity index is 1690. The SMILES string of the molecule is CC(C)(C)c1cc(C(=O)Oc2cccc3ccc(C4C(=O)c5ccc(Cl)cc5C4=O)nc23)cc(C(C)(C)C)c1O. The van der Waals surface area contributed by atoms with Crippen LogP contribution in [0.15, 0.2) is 60.7 Å². The zero-order valence-corrected chi connectivity index (χ0v) is 24.0. The van der Waals surface area contributed by atoms with E-state index in [9.17, 15) is 19.5 Å². The summed E-state index contributed by atoms with van der Waals surface area (Å²) >= 11 is 6.06. The van der Waals surface area contributed by atoms with Crippen molar-refractivity contribution in [2.24, 2.45) is 0 Å². The summed E-state index contributed by atoms with van der Waals surface area (Å²) in [5.74, 6) is -2.04. The molecule has 0 spiro atoms. The van der Waals surface area contributed by atoms with Crippen molar-refractivity contribution < 1.29 is 24.2 Å². The Morgan fingerprint density at radius 2 is 1.48 bits per heavy atom. The summed E-state index contributed by atoms with van der Waals surface area (Å²) in [7, 11) is 0. The Hall–Kier alpha value is -4.03. The number of benzene rings is 3. The van der Waals surface area contributed by atoms with Crippen LogP contribution in [0.2, 0.25) is 5.02 Å². The Morgan fingerprint density at radius 3 is 2.10 bits per heavy atom. The fourth-order valence-electron chi connectivity index (χ4n) is 5.07. The van der Waals surface area contributed by atoms with Crippen molar-refractivity contribution >= 4 is 40.0 Å². The van der Waals surface area contributed by atoms with E-state index in [1.807, 2.05) is 47.6 Å². The number of para-hydroxylation sites is 1. The number of pyridine rings is 1. The van der Waals surface area contributed by atoms with E-state index in [1.165, 1.54) is 6.07 Å². The maximum absolute atomic E-state index is 13.5. The second-order valence-electron chi connectivity index (χ2n) is 12.2. The van der Waals surface area contributed by atoms with Crippen LogP contribution in [0.5, 0.6) is 11.5 Å². The van der Waals surface area contributed by atoms with E-state index >= 15 is 0 Å². The lowest BCUT2D eigenvalue weighted by molar-refractivity contribution is 0.0735. The number of Topliss-reactive ketones (excluding diaryl/α,β-unsaturated/α-hetero) is 2. The number of nitrogens with zero attached hydrogens (tertiary/aromatic N) is 1. The monoisotopic (exact) mass is 555 g/mol. The number of carbonyl (C=O) groups excluding carboxylic acids is 3. The highest BCUT2D eigenvalue weighted by Crippen LogP contribution is 2.40. The first kappa shape index (κ1) is 27.5. The van der Waals surface area contributed by atoms with E-state index in [-0.39, 0.29) is 34.3 Å². The van der Waals surface area contributed by atoms with Crippen LogP contribution >= 0.6 is 11.6 Å². The van der Waals surface area contributed by atoms with Crippen molar-refractivity contribution in [2.75, 3.05) is 0 Å². The van der Waals surface area contributed by atoms with E-state index in [0.29, 0.717) is 38.2 Å². The van der Waals surface area contributed by atoms with Gasteiger partial charge in [-0.15, -0.1) is 0 Å². The number of rotatable bonds is 3. The average molecular weight is 556 g/mol. The van der Waals surface area contributed by atoms with Crippen molar-refractivity contribution in [3.63, 3.8) is 0 Å². The van der Waals surface area contributed by atoms with Crippen molar-refractivity contribution in [3.05, 3.63) is 99.2 Å². The quantitative estimate of drug-likeness (QED) is 0.159. The summed E-state index contributed by atoms with van der Waals surface area (Å²) in [4.78, 5) is 44.5. The van der Waals surface area contributed by atoms with E-state index in [1.54, 1.807) is 48.5 Å². The van der Waals surface area contributed by atoms with Crippen LogP contribution in [0.1, 0.15) is 95.4 Å². The highest BCUT2D eigenvalue weighted by atomic mass is 35.5. The summed E-state index contributed by atoms with van der Waals surface area (Å²) in [6.45, 7) is 11.8. The maximum atomic E-state index is 13.5. The van der Waals surface area contributed by atoms with Crippen LogP contribution in [-0.2, 0) is 10.8 Å². The number of carbonyl (C=O) groups is 3. The molecular weight excluding hydrogens is 526 g/mol. The third-order valence-electron chi connectivity index (χ3n) is 7.20. The predicted molar refractivity (Wildman–Crippen MR) is 155 cm³/mol. The van der Waals surface area contributed by atoms with Crippen LogP contribution in [-0.4, -0.2) is 27.6 Å². The molecule has 204 valence electrons. The van der Waals surface area contributed by atoms with Gasteiger partial charge in [-0.25, -0.2) is 9.78 Å². The molecule has 0 aliphatic heterocycles. The molecule has 1 aliphatic rings. The first-order chi connectivity index (χ1) is 18.7. The average Bonchev–Trinajstić information content (AvgIpc) is 3.11. The number of aromatic nitrogens is 1. The molecule has 5 rings (SSSR count). The second kappa shape index (κ2) is 9.56. The molecule has 1 heterocycles. The first-order valence-corrected chi connectivity index (χ1v) is 13.4. The smallest absolute Gasteiger partial charge is 0.343 e. The lowest BCUT2D eigenvalue weighted by atomic mass is 9.78. The number of aromatic hydroxyl groups is 1. The Morgan fingerprint density at radius 1 is 0.850 bits per heavy atom. The largest absolute Gasteiger partial charge is 0.507 e. The van der Waals surface area contributed by atoms with Gasteiger partial charge in [0.05, 0.1) is 11.3 Å². The highest BCUT2D eigenvalue weighted by Gasteiger charge is 2.40. The highest BCUT2D eigenvalue weighted by molar-refractivity contribution is 6.34. The standard InChI is InChI=1S/C33H30ClNO5/c1-32(2,3)22-14-18(15-23(30(22)38)33(4,5)6)31(39)40-25-9-7-8-17-10-13-24(35-27(17)25)26-28(36)20-12-11-19(34)16-21(20)29(26)37/h7-16,26,38H,1-6H3. The number of ether oxygens (including phenoxy) is 1. The van der Waals surface area contributed by atoms with Gasteiger partial charge in [-0.2, -0.15) is 0 Å². The van der Waals surface area contributed by atoms with Gasteiger partial charge in [0.25, 0.3) is 0 Å². The Labute approximate surface area is 238 Å². The van der Waals surface area contributed by atoms with Crippen molar-refractivity contribution in [1.29, 1.82) is 0 Å².